The second kappa shape index (κ2) is 4.99. The van der Waals surface area contributed by atoms with Crippen LogP contribution in [0, 0.1) is 17.8 Å². The second-order valence-corrected chi connectivity index (χ2v) is 5.99. The van der Waals surface area contributed by atoms with Gasteiger partial charge >= 0.3 is 5.97 Å². The lowest BCUT2D eigenvalue weighted by Crippen LogP contribution is -2.49. The van der Waals surface area contributed by atoms with Crippen LogP contribution in [0.4, 0.5) is 0 Å². The minimum Gasteiger partial charge on any atom is -0.459 e. The van der Waals surface area contributed by atoms with Crippen LogP contribution in [0.3, 0.4) is 0 Å². The van der Waals surface area contributed by atoms with Crippen LogP contribution in [0.5, 0.6) is 0 Å². The zero-order valence-corrected chi connectivity index (χ0v) is 11.5. The number of carbonyl (C=O) groups is 1. The van der Waals surface area contributed by atoms with Gasteiger partial charge in [-0.1, -0.05) is 26.7 Å². The van der Waals surface area contributed by atoms with E-state index in [0.717, 1.165) is 24.7 Å². The Labute approximate surface area is 105 Å². The molecule has 2 nitrogen and oxygen atoms in total. The summed E-state index contributed by atoms with van der Waals surface area (Å²) in [6.45, 7) is 5.91. The minimum absolute atomic E-state index is 0.102. The number of carbonyl (C=O) groups excluding carboxylic acids is 1. The maximum absolute atomic E-state index is 11.4. The zero-order chi connectivity index (χ0) is 12.5. The maximum Gasteiger partial charge on any atom is 0.303 e. The highest BCUT2D eigenvalue weighted by Gasteiger charge is 2.48. The summed E-state index contributed by atoms with van der Waals surface area (Å²) >= 11 is 0. The number of hydrogen-bond acceptors (Lipinski definition) is 2. The molecule has 3 fully saturated rings. The Morgan fingerprint density at radius 3 is 2.12 bits per heavy atom. The van der Waals surface area contributed by atoms with Crippen LogP contribution in [0.25, 0.3) is 0 Å². The Bertz CT molecular complexity index is 273. The molecule has 17 heavy (non-hydrogen) atoms. The molecule has 0 heterocycles. The normalized spacial score (nSPS) is 32.5. The van der Waals surface area contributed by atoms with Crippen molar-refractivity contribution in [3.8, 4) is 0 Å². The largest absolute Gasteiger partial charge is 0.459 e. The Morgan fingerprint density at radius 2 is 1.76 bits per heavy atom. The first-order chi connectivity index (χ1) is 8.11. The summed E-state index contributed by atoms with van der Waals surface area (Å²) in [6, 6.07) is 0. The molecule has 1 atom stereocenters. The summed E-state index contributed by atoms with van der Waals surface area (Å²) in [5, 5.41) is 0. The van der Waals surface area contributed by atoms with Gasteiger partial charge in [-0.2, -0.15) is 0 Å². The molecule has 98 valence electrons. The molecule has 3 rings (SSSR count). The first kappa shape index (κ1) is 12.9. The first-order valence-corrected chi connectivity index (χ1v) is 7.31. The molecule has 0 aliphatic heterocycles. The average Bonchev–Trinajstić information content (AvgIpc) is 2.37. The molecule has 0 aromatic carbocycles. The summed E-state index contributed by atoms with van der Waals surface area (Å²) in [5.74, 6) is 2.22. The Balaban J connectivity index is 2.17. The van der Waals surface area contributed by atoms with Gasteiger partial charge in [0.2, 0.25) is 0 Å². The number of ether oxygens (including phenoxy) is 1. The standard InChI is InChI=1S/C15H26O2/c1-4-15(5-2,17-11(3)16)14-10-12-6-8-13(14)9-7-12/h12-14H,4-10H2,1-3H3. The van der Waals surface area contributed by atoms with Crippen molar-refractivity contribution in [2.75, 3.05) is 0 Å². The molecule has 2 heteroatoms. The monoisotopic (exact) mass is 238 g/mol. The van der Waals surface area contributed by atoms with Crippen molar-refractivity contribution >= 4 is 5.97 Å². The quantitative estimate of drug-likeness (QED) is 0.694. The first-order valence-electron chi connectivity index (χ1n) is 7.31. The van der Waals surface area contributed by atoms with Gasteiger partial charge < -0.3 is 4.74 Å². The van der Waals surface area contributed by atoms with Gasteiger partial charge in [-0.3, -0.25) is 4.79 Å². The van der Waals surface area contributed by atoms with Crippen LogP contribution in [0.2, 0.25) is 0 Å². The van der Waals surface area contributed by atoms with Crippen molar-refractivity contribution in [1.82, 2.24) is 0 Å². The van der Waals surface area contributed by atoms with E-state index in [2.05, 4.69) is 13.8 Å². The van der Waals surface area contributed by atoms with E-state index in [-0.39, 0.29) is 11.6 Å². The van der Waals surface area contributed by atoms with Crippen LogP contribution in [0.1, 0.15) is 65.7 Å². The predicted octanol–water partition coefficient (Wildman–Crippen LogP) is 3.93. The van der Waals surface area contributed by atoms with Gasteiger partial charge in [-0.25, -0.2) is 0 Å². The van der Waals surface area contributed by atoms with Gasteiger partial charge in [0.05, 0.1) is 0 Å². The SMILES string of the molecule is CCC(CC)(OC(C)=O)C1CC2CCC1CC2. The fourth-order valence-corrected chi connectivity index (χ4v) is 4.30. The lowest BCUT2D eigenvalue weighted by atomic mass is 9.58. The summed E-state index contributed by atoms with van der Waals surface area (Å²) in [4.78, 5) is 11.4. The average molecular weight is 238 g/mol. The van der Waals surface area contributed by atoms with Crippen LogP contribution < -0.4 is 0 Å². The summed E-state index contributed by atoms with van der Waals surface area (Å²) in [7, 11) is 0. The van der Waals surface area contributed by atoms with Crippen LogP contribution in [-0.4, -0.2) is 11.6 Å². The molecular formula is C15H26O2. The smallest absolute Gasteiger partial charge is 0.303 e. The minimum atomic E-state index is -0.171. The predicted molar refractivity (Wildman–Crippen MR) is 68.6 cm³/mol. The fourth-order valence-electron chi connectivity index (χ4n) is 4.30. The maximum atomic E-state index is 11.4. The van der Waals surface area contributed by atoms with Crippen molar-refractivity contribution in [3.63, 3.8) is 0 Å². The summed E-state index contributed by atoms with van der Waals surface area (Å²) in [5.41, 5.74) is -0.171. The van der Waals surface area contributed by atoms with Gasteiger partial charge in [0.25, 0.3) is 0 Å². The molecule has 0 saturated heterocycles. The van der Waals surface area contributed by atoms with Gasteiger partial charge in [0.1, 0.15) is 5.60 Å². The molecule has 0 N–H and O–H groups in total. The summed E-state index contributed by atoms with van der Waals surface area (Å²) in [6.07, 6.45) is 8.76. The number of hydrogen-bond donors (Lipinski definition) is 0. The van der Waals surface area contributed by atoms with E-state index in [1.807, 2.05) is 0 Å². The molecule has 1 unspecified atom stereocenters. The van der Waals surface area contributed by atoms with Crippen molar-refractivity contribution in [2.24, 2.45) is 17.8 Å². The van der Waals surface area contributed by atoms with Gasteiger partial charge in [-0.05, 0) is 43.9 Å². The third-order valence-corrected chi connectivity index (χ3v) is 5.27. The van der Waals surface area contributed by atoms with Gasteiger partial charge in [0.15, 0.2) is 0 Å². The Kier molecular flexibility index (Phi) is 3.79. The number of fused-ring (bicyclic) bond motifs is 3. The molecule has 0 spiro atoms. The van der Waals surface area contributed by atoms with E-state index in [1.54, 1.807) is 6.92 Å². The lowest BCUT2D eigenvalue weighted by Gasteiger charge is -2.50. The van der Waals surface area contributed by atoms with E-state index in [9.17, 15) is 4.79 Å². The number of esters is 1. The van der Waals surface area contributed by atoms with Crippen LogP contribution in [-0.2, 0) is 9.53 Å². The molecular weight excluding hydrogens is 212 g/mol. The third-order valence-electron chi connectivity index (χ3n) is 5.27. The van der Waals surface area contributed by atoms with E-state index < -0.39 is 0 Å². The molecule has 2 bridgehead atoms. The number of rotatable bonds is 4. The molecule has 3 aliphatic rings. The molecule has 3 aliphatic carbocycles. The van der Waals surface area contributed by atoms with Crippen molar-refractivity contribution in [3.05, 3.63) is 0 Å². The van der Waals surface area contributed by atoms with Gasteiger partial charge in [0, 0.05) is 12.8 Å². The second-order valence-electron chi connectivity index (χ2n) is 5.99. The Morgan fingerprint density at radius 1 is 1.18 bits per heavy atom. The van der Waals surface area contributed by atoms with E-state index in [4.69, 9.17) is 4.74 Å². The Hall–Kier alpha value is -0.530. The highest BCUT2D eigenvalue weighted by Crippen LogP contribution is 2.51. The fraction of sp³-hybridized carbons (Fsp3) is 0.933. The lowest BCUT2D eigenvalue weighted by molar-refractivity contribution is -0.174. The topological polar surface area (TPSA) is 26.3 Å². The highest BCUT2D eigenvalue weighted by molar-refractivity contribution is 5.66. The molecule has 0 aromatic rings. The van der Waals surface area contributed by atoms with Crippen molar-refractivity contribution in [1.29, 1.82) is 0 Å². The van der Waals surface area contributed by atoms with E-state index in [1.165, 1.54) is 32.1 Å². The van der Waals surface area contributed by atoms with Gasteiger partial charge in [-0.15, -0.1) is 0 Å². The molecule has 0 aromatic heterocycles. The molecule has 0 amide bonds. The van der Waals surface area contributed by atoms with Crippen molar-refractivity contribution in [2.45, 2.75) is 71.3 Å². The van der Waals surface area contributed by atoms with Crippen molar-refractivity contribution < 1.29 is 9.53 Å². The molecule has 0 radical (unpaired) electrons. The third kappa shape index (κ3) is 2.36. The highest BCUT2D eigenvalue weighted by atomic mass is 16.6. The van der Waals surface area contributed by atoms with E-state index in [0.29, 0.717) is 5.92 Å². The zero-order valence-electron chi connectivity index (χ0n) is 11.5. The van der Waals surface area contributed by atoms with Crippen LogP contribution in [0.15, 0.2) is 0 Å². The molecule has 3 saturated carbocycles. The van der Waals surface area contributed by atoms with E-state index >= 15 is 0 Å². The summed E-state index contributed by atoms with van der Waals surface area (Å²) < 4.78 is 5.79. The van der Waals surface area contributed by atoms with Crippen LogP contribution >= 0.6 is 0 Å².